The predicted molar refractivity (Wildman–Crippen MR) is 79.7 cm³/mol. The van der Waals surface area contributed by atoms with Gasteiger partial charge in [-0.1, -0.05) is 0 Å². The summed E-state index contributed by atoms with van der Waals surface area (Å²) < 4.78 is 1.09. The van der Waals surface area contributed by atoms with Gasteiger partial charge in [0.05, 0.1) is 3.79 Å². The van der Waals surface area contributed by atoms with E-state index in [1.807, 2.05) is 23.1 Å². The molecule has 0 saturated carbocycles. The number of hydrogen-bond acceptors (Lipinski definition) is 3. The molecule has 0 N–H and O–H groups in total. The minimum absolute atomic E-state index is 0.120. The summed E-state index contributed by atoms with van der Waals surface area (Å²) in [6, 6.07) is 4.00. The van der Waals surface area contributed by atoms with Crippen molar-refractivity contribution in [3.63, 3.8) is 0 Å². The Labute approximate surface area is 120 Å². The second-order valence-electron chi connectivity index (χ2n) is 4.46. The van der Waals surface area contributed by atoms with Crippen LogP contribution in [-0.2, 0) is 4.79 Å². The summed E-state index contributed by atoms with van der Waals surface area (Å²) in [4.78, 5) is 17.4. The highest BCUT2D eigenvalue weighted by molar-refractivity contribution is 9.11. The van der Waals surface area contributed by atoms with E-state index in [9.17, 15) is 4.79 Å². The molecule has 1 fully saturated rings. The number of thiophene rings is 1. The lowest BCUT2D eigenvalue weighted by atomic mass is 10.3. The first kappa shape index (κ1) is 13.8. The number of nitrogens with zero attached hydrogens (tertiary/aromatic N) is 2. The average molecular weight is 329 g/mol. The fourth-order valence-electron chi connectivity index (χ4n) is 1.94. The van der Waals surface area contributed by atoms with Crippen LogP contribution in [0.4, 0.5) is 0 Å². The predicted octanol–water partition coefficient (Wildman–Crippen LogP) is 2.69. The van der Waals surface area contributed by atoms with E-state index < -0.39 is 0 Å². The van der Waals surface area contributed by atoms with E-state index in [1.54, 1.807) is 17.4 Å². The van der Waals surface area contributed by atoms with E-state index in [0.29, 0.717) is 0 Å². The second-order valence-corrected chi connectivity index (χ2v) is 6.95. The van der Waals surface area contributed by atoms with E-state index in [-0.39, 0.29) is 5.91 Å². The van der Waals surface area contributed by atoms with Gasteiger partial charge in [-0.25, -0.2) is 0 Å². The second kappa shape index (κ2) is 6.50. The van der Waals surface area contributed by atoms with Crippen molar-refractivity contribution in [1.82, 2.24) is 9.80 Å². The Balaban J connectivity index is 1.92. The lowest BCUT2D eigenvalue weighted by Crippen LogP contribution is -2.33. The first-order chi connectivity index (χ1) is 8.65. The molecule has 2 rings (SSSR count). The Bertz CT molecular complexity index is 444. The molecule has 2 heterocycles. The molecule has 1 aromatic heterocycles. The molecular weight excluding hydrogens is 312 g/mol. The summed E-state index contributed by atoms with van der Waals surface area (Å²) in [6.07, 6.45) is 4.64. The van der Waals surface area contributed by atoms with E-state index >= 15 is 0 Å². The topological polar surface area (TPSA) is 23.6 Å². The zero-order chi connectivity index (χ0) is 13.0. The van der Waals surface area contributed by atoms with E-state index in [2.05, 4.69) is 27.9 Å². The molecular formula is C13H17BrN2OS. The highest BCUT2D eigenvalue weighted by Crippen LogP contribution is 2.23. The minimum Gasteiger partial charge on any atom is -0.338 e. The van der Waals surface area contributed by atoms with Crippen LogP contribution in [-0.4, -0.2) is 48.9 Å². The van der Waals surface area contributed by atoms with Crippen LogP contribution in [0.2, 0.25) is 0 Å². The molecule has 1 aliphatic rings. The molecule has 0 unspecified atom stereocenters. The molecule has 1 saturated heterocycles. The van der Waals surface area contributed by atoms with Crippen LogP contribution in [0.15, 0.2) is 22.0 Å². The molecule has 0 radical (unpaired) electrons. The van der Waals surface area contributed by atoms with Crippen LogP contribution in [0, 0.1) is 0 Å². The first-order valence-corrected chi connectivity index (χ1v) is 7.67. The maximum Gasteiger partial charge on any atom is 0.246 e. The summed E-state index contributed by atoms with van der Waals surface area (Å²) >= 11 is 5.05. The van der Waals surface area contributed by atoms with Crippen molar-refractivity contribution in [2.45, 2.75) is 6.42 Å². The van der Waals surface area contributed by atoms with Crippen molar-refractivity contribution in [2.24, 2.45) is 0 Å². The summed E-state index contributed by atoms with van der Waals surface area (Å²) in [5.41, 5.74) is 0. The van der Waals surface area contributed by atoms with Crippen molar-refractivity contribution in [1.29, 1.82) is 0 Å². The maximum absolute atomic E-state index is 12.1. The van der Waals surface area contributed by atoms with Crippen LogP contribution < -0.4 is 0 Å². The van der Waals surface area contributed by atoms with Crippen molar-refractivity contribution in [3.8, 4) is 0 Å². The summed E-state index contributed by atoms with van der Waals surface area (Å²) in [6.45, 7) is 3.73. The lowest BCUT2D eigenvalue weighted by molar-refractivity contribution is -0.125. The van der Waals surface area contributed by atoms with Crippen LogP contribution >= 0.6 is 27.3 Å². The summed E-state index contributed by atoms with van der Waals surface area (Å²) in [5.74, 6) is 0.120. The van der Waals surface area contributed by atoms with Crippen LogP contribution in [0.25, 0.3) is 6.08 Å². The van der Waals surface area contributed by atoms with Crippen LogP contribution in [0.3, 0.4) is 0 Å². The van der Waals surface area contributed by atoms with Crippen molar-refractivity contribution < 1.29 is 4.79 Å². The quantitative estimate of drug-likeness (QED) is 0.779. The largest absolute Gasteiger partial charge is 0.338 e. The molecule has 0 aliphatic carbocycles. The Morgan fingerprint density at radius 1 is 1.33 bits per heavy atom. The zero-order valence-electron chi connectivity index (χ0n) is 10.4. The number of rotatable bonds is 2. The molecule has 1 amide bonds. The lowest BCUT2D eigenvalue weighted by Gasteiger charge is -2.18. The monoisotopic (exact) mass is 328 g/mol. The van der Waals surface area contributed by atoms with Gasteiger partial charge in [0, 0.05) is 30.6 Å². The van der Waals surface area contributed by atoms with Crippen molar-refractivity contribution in [3.05, 3.63) is 26.9 Å². The molecule has 0 atom stereocenters. The summed E-state index contributed by atoms with van der Waals surface area (Å²) in [5, 5.41) is 0. The van der Waals surface area contributed by atoms with E-state index in [0.717, 1.165) is 41.3 Å². The van der Waals surface area contributed by atoms with Gasteiger partial charge < -0.3 is 9.80 Å². The fraction of sp³-hybridized carbons (Fsp3) is 0.462. The molecule has 0 bridgehead atoms. The third kappa shape index (κ3) is 3.93. The highest BCUT2D eigenvalue weighted by Gasteiger charge is 2.15. The highest BCUT2D eigenvalue weighted by atomic mass is 79.9. The number of carbonyl (C=O) groups is 1. The van der Waals surface area contributed by atoms with Gasteiger partial charge in [0.25, 0.3) is 0 Å². The third-order valence-corrected chi connectivity index (χ3v) is 4.60. The van der Waals surface area contributed by atoms with Gasteiger partial charge in [0.2, 0.25) is 5.91 Å². The smallest absolute Gasteiger partial charge is 0.246 e. The average Bonchev–Trinajstić information content (AvgIpc) is 2.63. The SMILES string of the molecule is CN1CCCN(C(=O)/C=C/c2ccc(Br)s2)CC1. The standard InChI is InChI=1S/C13H17BrN2OS/c1-15-7-2-8-16(10-9-15)13(17)6-4-11-3-5-12(14)18-11/h3-6H,2,7-10H2,1H3/b6-4+. The molecule has 0 spiro atoms. The zero-order valence-corrected chi connectivity index (χ0v) is 12.8. The van der Waals surface area contributed by atoms with Gasteiger partial charge in [-0.2, -0.15) is 0 Å². The number of likely N-dealkylation sites (N-methyl/N-ethyl adjacent to an activating group) is 1. The Hall–Kier alpha value is -0.650. The molecule has 1 aliphatic heterocycles. The van der Waals surface area contributed by atoms with Crippen LogP contribution in [0.5, 0.6) is 0 Å². The van der Waals surface area contributed by atoms with Gasteiger partial charge in [-0.05, 0) is 54.2 Å². The third-order valence-electron chi connectivity index (χ3n) is 3.02. The van der Waals surface area contributed by atoms with Gasteiger partial charge >= 0.3 is 0 Å². The van der Waals surface area contributed by atoms with Gasteiger partial charge in [-0.3, -0.25) is 4.79 Å². The molecule has 1 aromatic rings. The summed E-state index contributed by atoms with van der Waals surface area (Å²) in [7, 11) is 2.10. The number of hydrogen-bond donors (Lipinski definition) is 0. The normalized spacial score (nSPS) is 18.2. The Morgan fingerprint density at radius 2 is 2.17 bits per heavy atom. The first-order valence-electron chi connectivity index (χ1n) is 6.06. The number of amides is 1. The molecule has 3 nitrogen and oxygen atoms in total. The molecule has 0 aromatic carbocycles. The maximum atomic E-state index is 12.1. The van der Waals surface area contributed by atoms with E-state index in [4.69, 9.17) is 0 Å². The van der Waals surface area contributed by atoms with E-state index in [1.165, 1.54) is 0 Å². The van der Waals surface area contributed by atoms with Crippen molar-refractivity contribution in [2.75, 3.05) is 33.2 Å². The Morgan fingerprint density at radius 3 is 2.89 bits per heavy atom. The number of carbonyl (C=O) groups excluding carboxylic acids is 1. The van der Waals surface area contributed by atoms with Crippen molar-refractivity contribution >= 4 is 39.2 Å². The Kier molecular flexibility index (Phi) is 4.97. The number of halogens is 1. The molecule has 5 heteroatoms. The fourth-order valence-corrected chi connectivity index (χ4v) is 3.27. The van der Waals surface area contributed by atoms with Gasteiger partial charge in [-0.15, -0.1) is 11.3 Å². The van der Waals surface area contributed by atoms with Crippen LogP contribution in [0.1, 0.15) is 11.3 Å². The minimum atomic E-state index is 0.120. The molecule has 18 heavy (non-hydrogen) atoms. The van der Waals surface area contributed by atoms with Gasteiger partial charge in [0.15, 0.2) is 0 Å². The molecule has 98 valence electrons. The van der Waals surface area contributed by atoms with Gasteiger partial charge in [0.1, 0.15) is 0 Å².